The van der Waals surface area contributed by atoms with E-state index in [0.717, 1.165) is 24.9 Å². The Morgan fingerprint density at radius 2 is 1.83 bits per heavy atom. The van der Waals surface area contributed by atoms with Gasteiger partial charge in [0.25, 0.3) is 0 Å². The second-order valence-electron chi connectivity index (χ2n) is 4.67. The first-order valence-electron chi connectivity index (χ1n) is 6.68. The second kappa shape index (κ2) is 7.70. The molecule has 1 N–H and O–H groups in total. The van der Waals surface area contributed by atoms with Crippen LogP contribution in [0.4, 0.5) is 0 Å². The van der Waals surface area contributed by atoms with Crippen molar-refractivity contribution in [2.24, 2.45) is 5.92 Å². The first kappa shape index (κ1) is 14.5. The number of amides is 1. The highest BCUT2D eigenvalue weighted by atomic mass is 16.1. The number of carbonyl (C=O) groups is 1. The maximum atomic E-state index is 11.6. The molecule has 2 nitrogen and oxygen atoms in total. The van der Waals surface area contributed by atoms with Gasteiger partial charge in [-0.25, -0.2) is 0 Å². The van der Waals surface area contributed by atoms with Crippen LogP contribution in [0, 0.1) is 12.8 Å². The van der Waals surface area contributed by atoms with Crippen LogP contribution in [0.1, 0.15) is 37.8 Å². The summed E-state index contributed by atoms with van der Waals surface area (Å²) in [6.45, 7) is 7.13. The average Bonchev–Trinajstić information content (AvgIpc) is 2.39. The van der Waals surface area contributed by atoms with Gasteiger partial charge in [0.05, 0.1) is 0 Å². The fourth-order valence-corrected chi connectivity index (χ4v) is 1.73. The highest BCUT2D eigenvalue weighted by Gasteiger charge is 2.03. The molecule has 1 amide bonds. The summed E-state index contributed by atoms with van der Waals surface area (Å²) in [6.07, 6.45) is 5.67. The number of hydrogen-bond acceptors (Lipinski definition) is 1. The molecule has 0 aromatic heterocycles. The van der Waals surface area contributed by atoms with Gasteiger partial charge >= 0.3 is 0 Å². The first-order chi connectivity index (χ1) is 8.65. The molecular formula is C16H23NO. The van der Waals surface area contributed by atoms with E-state index < -0.39 is 0 Å². The predicted molar refractivity (Wildman–Crippen MR) is 77.3 cm³/mol. The van der Waals surface area contributed by atoms with Crippen LogP contribution in [0.3, 0.4) is 0 Å². The van der Waals surface area contributed by atoms with Crippen molar-refractivity contribution in [2.75, 3.05) is 6.54 Å². The van der Waals surface area contributed by atoms with E-state index in [9.17, 15) is 4.79 Å². The Morgan fingerprint density at radius 3 is 2.39 bits per heavy atom. The Balaban J connectivity index is 2.42. The summed E-state index contributed by atoms with van der Waals surface area (Å²) in [7, 11) is 0. The third-order valence-electron chi connectivity index (χ3n) is 3.22. The van der Waals surface area contributed by atoms with Crippen LogP contribution in [-0.4, -0.2) is 12.5 Å². The van der Waals surface area contributed by atoms with Gasteiger partial charge in [0.2, 0.25) is 5.91 Å². The van der Waals surface area contributed by atoms with E-state index in [0.29, 0.717) is 5.92 Å². The Hall–Kier alpha value is -1.57. The molecule has 0 aliphatic heterocycles. The lowest BCUT2D eigenvalue weighted by Gasteiger charge is -2.11. The zero-order chi connectivity index (χ0) is 13.4. The van der Waals surface area contributed by atoms with E-state index in [1.165, 1.54) is 5.56 Å². The molecule has 0 aliphatic rings. The predicted octanol–water partition coefficient (Wildman–Crippen LogP) is 3.56. The van der Waals surface area contributed by atoms with E-state index in [1.807, 2.05) is 30.3 Å². The third kappa shape index (κ3) is 5.17. The highest BCUT2D eigenvalue weighted by molar-refractivity contribution is 5.91. The van der Waals surface area contributed by atoms with Crippen molar-refractivity contribution in [3.05, 3.63) is 41.5 Å². The Kier molecular flexibility index (Phi) is 6.20. The average molecular weight is 245 g/mol. The maximum Gasteiger partial charge on any atom is 0.244 e. The molecule has 0 atom stereocenters. The monoisotopic (exact) mass is 245 g/mol. The number of benzene rings is 1. The van der Waals surface area contributed by atoms with E-state index in [2.05, 4.69) is 26.1 Å². The summed E-state index contributed by atoms with van der Waals surface area (Å²) in [5, 5.41) is 2.94. The molecule has 98 valence electrons. The van der Waals surface area contributed by atoms with Gasteiger partial charge in [-0.2, -0.15) is 0 Å². The minimum absolute atomic E-state index is 0.0116. The topological polar surface area (TPSA) is 29.1 Å². The van der Waals surface area contributed by atoms with Crippen LogP contribution >= 0.6 is 0 Å². The van der Waals surface area contributed by atoms with Gasteiger partial charge in [0.1, 0.15) is 0 Å². The van der Waals surface area contributed by atoms with Crippen LogP contribution in [0.5, 0.6) is 0 Å². The summed E-state index contributed by atoms with van der Waals surface area (Å²) >= 11 is 0. The van der Waals surface area contributed by atoms with Gasteiger partial charge in [0, 0.05) is 12.6 Å². The Bertz CT molecular complexity index is 388. The van der Waals surface area contributed by atoms with E-state index >= 15 is 0 Å². The lowest BCUT2D eigenvalue weighted by Crippen LogP contribution is -2.27. The molecule has 1 rings (SSSR count). The fraction of sp³-hybridized carbons (Fsp3) is 0.438. The zero-order valence-corrected chi connectivity index (χ0v) is 11.6. The molecule has 1 aromatic carbocycles. The van der Waals surface area contributed by atoms with Crippen molar-refractivity contribution in [3.8, 4) is 0 Å². The van der Waals surface area contributed by atoms with Crippen LogP contribution in [0.25, 0.3) is 6.08 Å². The highest BCUT2D eigenvalue weighted by Crippen LogP contribution is 2.06. The van der Waals surface area contributed by atoms with Crippen LogP contribution < -0.4 is 5.32 Å². The number of hydrogen-bond donors (Lipinski definition) is 1. The molecule has 0 heterocycles. The van der Waals surface area contributed by atoms with E-state index in [1.54, 1.807) is 6.08 Å². The molecule has 0 aliphatic carbocycles. The Morgan fingerprint density at radius 1 is 1.22 bits per heavy atom. The molecule has 0 saturated heterocycles. The summed E-state index contributed by atoms with van der Waals surface area (Å²) in [5.41, 5.74) is 2.28. The van der Waals surface area contributed by atoms with Crippen molar-refractivity contribution in [1.29, 1.82) is 0 Å². The molecule has 0 saturated carbocycles. The maximum absolute atomic E-state index is 11.6. The molecule has 0 unspecified atom stereocenters. The molecule has 0 radical (unpaired) electrons. The smallest absolute Gasteiger partial charge is 0.244 e. The van der Waals surface area contributed by atoms with Crippen molar-refractivity contribution in [2.45, 2.75) is 33.6 Å². The molecule has 2 heteroatoms. The van der Waals surface area contributed by atoms with E-state index in [4.69, 9.17) is 0 Å². The van der Waals surface area contributed by atoms with Crippen LogP contribution in [0.15, 0.2) is 30.3 Å². The number of rotatable bonds is 6. The molecule has 18 heavy (non-hydrogen) atoms. The van der Waals surface area contributed by atoms with Crippen LogP contribution in [-0.2, 0) is 4.79 Å². The molecule has 0 bridgehead atoms. The van der Waals surface area contributed by atoms with Gasteiger partial charge in [-0.3, -0.25) is 4.79 Å². The lowest BCUT2D eigenvalue weighted by molar-refractivity contribution is -0.116. The molecule has 1 aromatic rings. The second-order valence-corrected chi connectivity index (χ2v) is 4.67. The lowest BCUT2D eigenvalue weighted by atomic mass is 10.0. The molecular weight excluding hydrogens is 222 g/mol. The minimum atomic E-state index is -0.0116. The Labute approximate surface area is 110 Å². The number of aryl methyl sites for hydroxylation is 1. The van der Waals surface area contributed by atoms with Crippen molar-refractivity contribution < 1.29 is 4.79 Å². The quantitative estimate of drug-likeness (QED) is 0.763. The summed E-state index contributed by atoms with van der Waals surface area (Å²) < 4.78 is 0. The standard InChI is InChI=1S/C16H23NO/c1-4-14(5-2)12-17-16(18)11-10-15-8-6-13(3)7-9-15/h6-11,14H,4-5,12H2,1-3H3,(H,17,18)/b11-10+. The number of nitrogens with one attached hydrogen (secondary N) is 1. The van der Waals surface area contributed by atoms with Crippen molar-refractivity contribution >= 4 is 12.0 Å². The zero-order valence-electron chi connectivity index (χ0n) is 11.6. The molecule has 0 fully saturated rings. The van der Waals surface area contributed by atoms with Gasteiger partial charge in [-0.1, -0.05) is 56.5 Å². The number of carbonyl (C=O) groups excluding carboxylic acids is 1. The SMILES string of the molecule is CCC(CC)CNC(=O)/C=C/c1ccc(C)cc1. The summed E-state index contributed by atoms with van der Waals surface area (Å²) in [4.78, 5) is 11.6. The van der Waals surface area contributed by atoms with Gasteiger partial charge < -0.3 is 5.32 Å². The van der Waals surface area contributed by atoms with E-state index in [-0.39, 0.29) is 5.91 Å². The van der Waals surface area contributed by atoms with Crippen molar-refractivity contribution in [1.82, 2.24) is 5.32 Å². The first-order valence-corrected chi connectivity index (χ1v) is 6.68. The van der Waals surface area contributed by atoms with Crippen molar-refractivity contribution in [3.63, 3.8) is 0 Å². The largest absolute Gasteiger partial charge is 0.352 e. The summed E-state index contributed by atoms with van der Waals surface area (Å²) in [5.74, 6) is 0.573. The normalized spacial score (nSPS) is 11.1. The van der Waals surface area contributed by atoms with Gasteiger partial charge in [-0.15, -0.1) is 0 Å². The third-order valence-corrected chi connectivity index (χ3v) is 3.22. The minimum Gasteiger partial charge on any atom is -0.352 e. The molecule has 0 spiro atoms. The fourth-order valence-electron chi connectivity index (χ4n) is 1.73. The van der Waals surface area contributed by atoms with Crippen LogP contribution in [0.2, 0.25) is 0 Å². The summed E-state index contributed by atoms with van der Waals surface area (Å²) in [6, 6.07) is 8.11. The van der Waals surface area contributed by atoms with Gasteiger partial charge in [-0.05, 0) is 24.5 Å². The van der Waals surface area contributed by atoms with Gasteiger partial charge in [0.15, 0.2) is 0 Å².